The Morgan fingerprint density at radius 1 is 1.24 bits per heavy atom. The molecule has 0 radical (unpaired) electrons. The standard InChI is InChI=1S/C18H25ClN6/c1-18(2)7-15-13(8-22-25(15)10-18)16-14(19)9-21-17(24-16)23-12-5-3-11(20)4-6-12/h8-9,11-12H,3-7,10,20H2,1-2H3,(H,21,23,24)/t11-,12-. The molecule has 0 atom stereocenters. The lowest BCUT2D eigenvalue weighted by atomic mass is 9.90. The molecule has 1 aliphatic carbocycles. The molecule has 2 aromatic rings. The van der Waals surface area contributed by atoms with Crippen LogP contribution in [0.25, 0.3) is 11.3 Å². The van der Waals surface area contributed by atoms with Crippen molar-refractivity contribution in [2.45, 2.75) is 64.6 Å². The summed E-state index contributed by atoms with van der Waals surface area (Å²) in [5.74, 6) is 0.636. The number of aromatic nitrogens is 4. The topological polar surface area (TPSA) is 81.7 Å². The zero-order chi connectivity index (χ0) is 17.6. The average molecular weight is 361 g/mol. The van der Waals surface area contributed by atoms with Gasteiger partial charge in [0.25, 0.3) is 0 Å². The summed E-state index contributed by atoms with van der Waals surface area (Å²) in [6.45, 7) is 5.44. The molecule has 4 rings (SSSR count). The lowest BCUT2D eigenvalue weighted by Gasteiger charge is -2.26. The van der Waals surface area contributed by atoms with Crippen molar-refractivity contribution in [3.8, 4) is 11.3 Å². The fraction of sp³-hybridized carbons (Fsp3) is 0.611. The molecule has 0 amide bonds. The molecular formula is C18H25ClN6. The number of fused-ring (bicyclic) bond motifs is 1. The van der Waals surface area contributed by atoms with Crippen molar-refractivity contribution in [3.05, 3.63) is 23.1 Å². The summed E-state index contributed by atoms with van der Waals surface area (Å²) >= 11 is 6.42. The third-order valence-corrected chi connectivity index (χ3v) is 5.55. The van der Waals surface area contributed by atoms with E-state index in [2.05, 4.69) is 33.9 Å². The van der Waals surface area contributed by atoms with Gasteiger partial charge in [-0.25, -0.2) is 9.97 Å². The molecule has 0 aromatic carbocycles. The van der Waals surface area contributed by atoms with E-state index in [9.17, 15) is 0 Å². The van der Waals surface area contributed by atoms with Crippen molar-refractivity contribution in [2.24, 2.45) is 11.1 Å². The first-order chi connectivity index (χ1) is 11.9. The molecule has 1 saturated carbocycles. The molecule has 1 fully saturated rings. The summed E-state index contributed by atoms with van der Waals surface area (Å²) in [6.07, 6.45) is 8.74. The molecule has 134 valence electrons. The Morgan fingerprint density at radius 3 is 2.76 bits per heavy atom. The van der Waals surface area contributed by atoms with Gasteiger partial charge in [-0.3, -0.25) is 4.68 Å². The highest BCUT2D eigenvalue weighted by atomic mass is 35.5. The minimum absolute atomic E-state index is 0.222. The molecule has 25 heavy (non-hydrogen) atoms. The van der Waals surface area contributed by atoms with Crippen LogP contribution in [0.4, 0.5) is 5.95 Å². The highest BCUT2D eigenvalue weighted by Crippen LogP contribution is 2.38. The van der Waals surface area contributed by atoms with Crippen molar-refractivity contribution in [2.75, 3.05) is 5.32 Å². The lowest BCUT2D eigenvalue weighted by Crippen LogP contribution is -2.33. The Hall–Kier alpha value is -1.66. The fourth-order valence-corrected chi connectivity index (χ4v) is 4.11. The van der Waals surface area contributed by atoms with E-state index in [1.165, 1.54) is 5.69 Å². The molecule has 7 heteroatoms. The highest BCUT2D eigenvalue weighted by Gasteiger charge is 2.32. The van der Waals surface area contributed by atoms with Crippen LogP contribution in [-0.4, -0.2) is 31.8 Å². The molecule has 0 unspecified atom stereocenters. The lowest BCUT2D eigenvalue weighted by molar-refractivity contribution is 0.347. The van der Waals surface area contributed by atoms with Crippen molar-refractivity contribution < 1.29 is 0 Å². The van der Waals surface area contributed by atoms with Crippen LogP contribution in [0, 0.1) is 5.41 Å². The Balaban J connectivity index is 1.59. The van der Waals surface area contributed by atoms with Gasteiger partial charge in [0.1, 0.15) is 0 Å². The van der Waals surface area contributed by atoms with Crippen LogP contribution in [0.1, 0.15) is 45.2 Å². The Labute approximate surface area is 153 Å². The number of nitrogens with zero attached hydrogens (tertiary/aromatic N) is 4. The van der Waals surface area contributed by atoms with Crippen LogP contribution in [0.3, 0.4) is 0 Å². The largest absolute Gasteiger partial charge is 0.351 e. The van der Waals surface area contributed by atoms with Crippen LogP contribution in [-0.2, 0) is 13.0 Å². The van der Waals surface area contributed by atoms with Gasteiger partial charge < -0.3 is 11.1 Å². The summed E-state index contributed by atoms with van der Waals surface area (Å²) < 4.78 is 2.07. The molecule has 1 aliphatic heterocycles. The third kappa shape index (κ3) is 3.37. The quantitative estimate of drug-likeness (QED) is 0.877. The smallest absolute Gasteiger partial charge is 0.223 e. The summed E-state index contributed by atoms with van der Waals surface area (Å²) in [6, 6.07) is 0.712. The maximum absolute atomic E-state index is 6.42. The average Bonchev–Trinajstić information content (AvgIpc) is 3.06. The van der Waals surface area contributed by atoms with E-state index in [1.54, 1.807) is 6.20 Å². The van der Waals surface area contributed by atoms with E-state index in [0.717, 1.165) is 49.9 Å². The van der Waals surface area contributed by atoms with Gasteiger partial charge in [0.15, 0.2) is 0 Å². The van der Waals surface area contributed by atoms with E-state index in [1.807, 2.05) is 6.20 Å². The second-order valence-electron chi connectivity index (χ2n) is 8.15. The van der Waals surface area contributed by atoms with E-state index in [0.29, 0.717) is 23.1 Å². The van der Waals surface area contributed by atoms with Crippen molar-refractivity contribution in [3.63, 3.8) is 0 Å². The van der Waals surface area contributed by atoms with Gasteiger partial charge in [-0.1, -0.05) is 25.4 Å². The van der Waals surface area contributed by atoms with Crippen molar-refractivity contribution >= 4 is 17.5 Å². The van der Waals surface area contributed by atoms with Crippen LogP contribution < -0.4 is 11.1 Å². The molecule has 3 heterocycles. The van der Waals surface area contributed by atoms with Crippen LogP contribution >= 0.6 is 11.6 Å². The monoisotopic (exact) mass is 360 g/mol. The van der Waals surface area contributed by atoms with Gasteiger partial charge in [0.05, 0.1) is 23.1 Å². The van der Waals surface area contributed by atoms with Gasteiger partial charge in [-0.2, -0.15) is 5.10 Å². The number of nitrogens with one attached hydrogen (secondary N) is 1. The minimum Gasteiger partial charge on any atom is -0.351 e. The number of nitrogens with two attached hydrogens (primary N) is 1. The maximum atomic E-state index is 6.42. The number of anilines is 1. The molecule has 2 aliphatic rings. The van der Waals surface area contributed by atoms with E-state index in [-0.39, 0.29) is 5.41 Å². The molecule has 0 bridgehead atoms. The predicted molar refractivity (Wildman–Crippen MR) is 99.6 cm³/mol. The predicted octanol–water partition coefficient (Wildman–Crippen LogP) is 3.26. The maximum Gasteiger partial charge on any atom is 0.223 e. The molecule has 2 aromatic heterocycles. The Kier molecular flexibility index (Phi) is 4.20. The summed E-state index contributed by atoms with van der Waals surface area (Å²) in [7, 11) is 0. The number of hydrogen-bond donors (Lipinski definition) is 2. The molecule has 0 saturated heterocycles. The second kappa shape index (κ2) is 6.25. The van der Waals surface area contributed by atoms with E-state index in [4.69, 9.17) is 22.3 Å². The van der Waals surface area contributed by atoms with Crippen LogP contribution in [0.2, 0.25) is 5.02 Å². The fourth-order valence-electron chi connectivity index (χ4n) is 3.92. The molecule has 0 spiro atoms. The normalized spacial score (nSPS) is 25.0. The van der Waals surface area contributed by atoms with Gasteiger partial charge in [0.2, 0.25) is 5.95 Å². The Bertz CT molecular complexity index is 776. The van der Waals surface area contributed by atoms with Crippen LogP contribution in [0.5, 0.6) is 0 Å². The zero-order valence-corrected chi connectivity index (χ0v) is 15.6. The summed E-state index contributed by atoms with van der Waals surface area (Å²) in [5.41, 5.74) is 9.21. The molecular weight excluding hydrogens is 336 g/mol. The van der Waals surface area contributed by atoms with E-state index >= 15 is 0 Å². The molecule has 3 N–H and O–H groups in total. The van der Waals surface area contributed by atoms with Gasteiger partial charge in [-0.05, 0) is 37.5 Å². The first-order valence-electron chi connectivity index (χ1n) is 9.01. The van der Waals surface area contributed by atoms with Gasteiger partial charge in [-0.15, -0.1) is 0 Å². The minimum atomic E-state index is 0.222. The third-order valence-electron chi connectivity index (χ3n) is 5.28. The highest BCUT2D eigenvalue weighted by molar-refractivity contribution is 6.32. The second-order valence-corrected chi connectivity index (χ2v) is 8.56. The van der Waals surface area contributed by atoms with E-state index < -0.39 is 0 Å². The van der Waals surface area contributed by atoms with Gasteiger partial charge in [0, 0.05) is 29.9 Å². The first-order valence-corrected chi connectivity index (χ1v) is 9.39. The number of halogens is 1. The first kappa shape index (κ1) is 16.8. The Morgan fingerprint density at radius 2 is 2.00 bits per heavy atom. The van der Waals surface area contributed by atoms with Crippen LogP contribution in [0.15, 0.2) is 12.4 Å². The number of rotatable bonds is 3. The summed E-state index contributed by atoms with van der Waals surface area (Å²) in [4.78, 5) is 9.09. The SMILES string of the molecule is CC1(C)Cc2c(-c3nc(N[C@H]4CC[C@H](N)CC4)ncc3Cl)cnn2C1. The number of hydrogen-bond acceptors (Lipinski definition) is 5. The van der Waals surface area contributed by atoms with Crippen molar-refractivity contribution in [1.29, 1.82) is 0 Å². The van der Waals surface area contributed by atoms with Crippen molar-refractivity contribution in [1.82, 2.24) is 19.7 Å². The van der Waals surface area contributed by atoms with Gasteiger partial charge >= 0.3 is 0 Å². The molecule has 6 nitrogen and oxygen atoms in total. The zero-order valence-electron chi connectivity index (χ0n) is 14.8. The summed E-state index contributed by atoms with van der Waals surface area (Å²) in [5, 5.41) is 8.54.